The van der Waals surface area contributed by atoms with Crippen LogP contribution < -0.4 is 83.0 Å². The molecule has 0 spiro atoms. The molecule has 0 unspecified atom stereocenters. The number of rotatable bonds is 8. The number of benzene rings is 23. The van der Waals surface area contributed by atoms with Crippen molar-refractivity contribution in [2.24, 2.45) is 0 Å². The van der Waals surface area contributed by atoms with Crippen molar-refractivity contribution in [3.63, 3.8) is 0 Å². The molecule has 0 amide bonds. The van der Waals surface area contributed by atoms with Crippen molar-refractivity contribution in [3.05, 3.63) is 570 Å². The molecule has 0 fully saturated rings. The molecule has 0 saturated carbocycles. The van der Waals surface area contributed by atoms with Gasteiger partial charge in [0.05, 0.1) is 0 Å². The van der Waals surface area contributed by atoms with Crippen LogP contribution in [-0.2, 0) is 0 Å². The highest BCUT2D eigenvalue weighted by atomic mass is 28.3. The van der Waals surface area contributed by atoms with Crippen LogP contribution in [0.25, 0.3) is 155 Å². The molecule has 23 aromatic carbocycles. The van der Waals surface area contributed by atoms with E-state index in [-0.39, 0.29) is 0 Å². The van der Waals surface area contributed by atoms with Gasteiger partial charge in [-0.25, -0.2) is 0 Å². The van der Waals surface area contributed by atoms with Crippen LogP contribution in [0.4, 0.5) is 0 Å². The van der Waals surface area contributed by atoms with E-state index in [1.807, 2.05) is 6.07 Å². The third-order valence-corrected chi connectivity index (χ3v) is 50.7. The summed E-state index contributed by atoms with van der Waals surface area (Å²) in [4.78, 5) is 0. The summed E-state index contributed by atoms with van der Waals surface area (Å²) in [5.74, 6) is 0. The highest BCUT2D eigenvalue weighted by Gasteiger charge is 2.52. The smallest absolute Gasteiger partial charge is 0.180 e. The first kappa shape index (κ1) is 86.4. The molecule has 30 rings (SSSR count). The van der Waals surface area contributed by atoms with Crippen molar-refractivity contribution in [1.29, 1.82) is 0 Å². The lowest BCUT2D eigenvalue weighted by atomic mass is 9.91. The molecule has 680 valence electrons. The highest BCUT2D eigenvalue weighted by Crippen LogP contribution is 2.49. The number of furan rings is 3. The molecule has 0 bridgehead atoms. The Labute approximate surface area is 847 Å². The second-order valence-electron chi connectivity index (χ2n) is 38.3. The Bertz CT molecular complexity index is 9130. The number of para-hydroxylation sites is 3. The fraction of sp³-hybridized carbons (Fsp3) is 0. The van der Waals surface area contributed by atoms with E-state index >= 15 is 0 Å². The quantitative estimate of drug-likeness (QED) is 0.142. The Morgan fingerprint density at radius 3 is 0.697 bits per heavy atom. The fourth-order valence-electron chi connectivity index (χ4n) is 25.3. The van der Waals surface area contributed by atoms with Crippen molar-refractivity contribution in [1.82, 2.24) is 0 Å². The lowest BCUT2D eigenvalue weighted by Crippen LogP contribution is -2.75. The van der Waals surface area contributed by atoms with Crippen LogP contribution in [0, 0.1) is 0 Å². The third-order valence-electron chi connectivity index (χ3n) is 31.1. The van der Waals surface area contributed by atoms with E-state index in [1.165, 1.54) is 194 Å². The fourth-order valence-corrected chi connectivity index (χ4v) is 46.1. The van der Waals surface area contributed by atoms with Gasteiger partial charge in [0.15, 0.2) is 32.3 Å². The van der Waals surface area contributed by atoms with E-state index in [0.29, 0.717) is 0 Å². The standard InChI is InChI=1S/3C36H24OSi.C30H22Si/c1-3-13-25(14-4-1)38(26-15-5-2-6-16-26)33-21-11-8-17-27(33)28-23-24-32-36(29-18-7-10-20-31(29)37-32)35(28)30-19-9-12-22-34(30)38;1-3-13-25(14-4-1)38(26-15-5-2-6-16-26)35-21-11-8-18-28(35)30-23-32-27-17-7-10-20-33(27)37-34(32)24-31(30)29-19-9-12-22-36(29)38;1-3-13-25(14-4-1)38(26-15-5-2-6-16-26)33-21-11-8-18-28(33)29-23-24-30-27-17-7-10-20-32(27)37-36(30)35(29)31-19-9-12-22-34(31)38;1-3-13-23(14-4-1)31(24-15-5-2-6-16-24)29-21-11-9-19-27(29)25-17-7-8-18-26(25)28-20-10-12-22-30(28)31/h3*1-24H;1-22H. The Morgan fingerprint density at radius 2 is 0.345 bits per heavy atom. The first-order valence-electron chi connectivity index (χ1n) is 50.2. The largest absolute Gasteiger partial charge is 0.456 e. The molecular formula is C138H94O3Si4. The van der Waals surface area contributed by atoms with Crippen molar-refractivity contribution in [2.75, 3.05) is 0 Å². The molecule has 7 heterocycles. The molecule has 3 nitrogen and oxygen atoms in total. The van der Waals surface area contributed by atoms with Gasteiger partial charge in [0.1, 0.15) is 33.5 Å². The van der Waals surface area contributed by atoms with Crippen LogP contribution >= 0.6 is 0 Å². The Kier molecular flexibility index (Phi) is 21.4. The number of hydrogen-bond acceptors (Lipinski definition) is 3. The monoisotopic (exact) mass is 1910 g/mol. The molecule has 0 atom stereocenters. The molecule has 7 heteroatoms. The van der Waals surface area contributed by atoms with Crippen molar-refractivity contribution in [3.8, 4) is 89.0 Å². The van der Waals surface area contributed by atoms with Gasteiger partial charge in [0, 0.05) is 43.4 Å². The zero-order valence-corrected chi connectivity index (χ0v) is 83.5. The Hall–Kier alpha value is -17.7. The van der Waals surface area contributed by atoms with Gasteiger partial charge in [-0.3, -0.25) is 0 Å². The van der Waals surface area contributed by atoms with E-state index in [0.717, 1.165) is 44.3 Å². The van der Waals surface area contributed by atoms with Crippen molar-refractivity contribution in [2.45, 2.75) is 0 Å². The maximum Gasteiger partial charge on any atom is 0.180 e. The molecule has 0 N–H and O–H groups in total. The Morgan fingerprint density at radius 1 is 0.117 bits per heavy atom. The zero-order chi connectivity index (χ0) is 96.0. The van der Waals surface area contributed by atoms with Crippen LogP contribution in [0.15, 0.2) is 583 Å². The van der Waals surface area contributed by atoms with Crippen LogP contribution in [0.3, 0.4) is 0 Å². The lowest BCUT2D eigenvalue weighted by Gasteiger charge is -2.35. The molecule has 3 aromatic heterocycles. The summed E-state index contributed by atoms with van der Waals surface area (Å²) in [5, 5.41) is 29.7. The van der Waals surface area contributed by atoms with E-state index in [1.54, 1.807) is 0 Å². The summed E-state index contributed by atoms with van der Waals surface area (Å²) in [6, 6.07) is 210. The summed E-state index contributed by atoms with van der Waals surface area (Å²) in [7, 11) is -10.6. The van der Waals surface area contributed by atoms with Crippen LogP contribution in [0.5, 0.6) is 0 Å². The molecule has 0 radical (unpaired) electrons. The summed E-state index contributed by atoms with van der Waals surface area (Å²) >= 11 is 0. The first-order valence-corrected chi connectivity index (χ1v) is 58.2. The summed E-state index contributed by atoms with van der Waals surface area (Å²) in [6.07, 6.45) is 0. The average Bonchev–Trinajstić information content (AvgIpc) is 1.57. The maximum absolute atomic E-state index is 6.67. The molecule has 145 heavy (non-hydrogen) atoms. The highest BCUT2D eigenvalue weighted by molar-refractivity contribution is 7.23. The minimum Gasteiger partial charge on any atom is -0.456 e. The van der Waals surface area contributed by atoms with Gasteiger partial charge in [-0.2, -0.15) is 0 Å². The lowest BCUT2D eigenvalue weighted by molar-refractivity contribution is 0.668. The molecular weight excluding hydrogens is 1820 g/mol. The van der Waals surface area contributed by atoms with Crippen LogP contribution in [0.2, 0.25) is 0 Å². The maximum atomic E-state index is 6.67. The van der Waals surface area contributed by atoms with Gasteiger partial charge in [-0.1, -0.05) is 528 Å². The SMILES string of the molecule is c1ccc([Si]2(c3ccccc3)c3ccccc3-c3cc4oc5ccccc5c4cc3-c3ccccc32)cc1.c1ccc([Si]2(c3ccccc3)c3ccccc3-c3ccc4c(oc5ccccc54)c3-c3ccccc32)cc1.c1ccc([Si]2(c3ccccc3)c3ccccc3-c3ccc4oc5ccccc5c4c3-c3ccccc32)cc1.c1ccc([Si]2(c3ccccc3)c3ccccc3-c3ccccc3-c3ccccc32)cc1. The molecule has 0 saturated heterocycles. The summed E-state index contributed by atoms with van der Waals surface area (Å²) in [6.45, 7) is 0. The normalized spacial score (nSPS) is 13.5. The van der Waals surface area contributed by atoms with Gasteiger partial charge < -0.3 is 13.3 Å². The van der Waals surface area contributed by atoms with Crippen LogP contribution in [0.1, 0.15) is 0 Å². The summed E-state index contributed by atoms with van der Waals surface area (Å²) in [5.41, 5.74) is 26.3. The topological polar surface area (TPSA) is 39.4 Å². The van der Waals surface area contributed by atoms with Crippen LogP contribution in [-0.4, -0.2) is 32.3 Å². The molecule has 26 aromatic rings. The van der Waals surface area contributed by atoms with E-state index in [9.17, 15) is 0 Å². The number of fused-ring (bicyclic) bond motifs is 31. The molecule has 4 aliphatic heterocycles. The van der Waals surface area contributed by atoms with Crippen molar-refractivity contribution < 1.29 is 13.3 Å². The second-order valence-corrected chi connectivity index (χ2v) is 53.2. The van der Waals surface area contributed by atoms with E-state index in [4.69, 9.17) is 13.3 Å². The first-order chi connectivity index (χ1) is 72.0. The average molecular weight is 1910 g/mol. The zero-order valence-electron chi connectivity index (χ0n) is 79.5. The minimum absolute atomic E-state index is 0.931. The summed E-state index contributed by atoms with van der Waals surface area (Å²) < 4.78 is 19.5. The second kappa shape index (κ2) is 35.8. The molecule has 4 aliphatic rings. The van der Waals surface area contributed by atoms with Gasteiger partial charge in [0.25, 0.3) is 0 Å². The van der Waals surface area contributed by atoms with Crippen molar-refractivity contribution >= 4 is 181 Å². The third kappa shape index (κ3) is 13.5. The molecule has 0 aliphatic carbocycles. The van der Waals surface area contributed by atoms with Gasteiger partial charge in [-0.15, -0.1) is 0 Å². The predicted octanol–water partition coefficient (Wildman–Crippen LogP) is 24.5. The predicted molar refractivity (Wildman–Crippen MR) is 620 cm³/mol. The Balaban J connectivity index is 0.0000000963. The minimum atomic E-state index is -2.69. The van der Waals surface area contributed by atoms with E-state index in [2.05, 4.69) is 564 Å². The van der Waals surface area contributed by atoms with E-state index < -0.39 is 32.3 Å². The number of hydrogen-bond donors (Lipinski definition) is 0. The van der Waals surface area contributed by atoms with Gasteiger partial charge in [0.2, 0.25) is 0 Å². The van der Waals surface area contributed by atoms with Gasteiger partial charge >= 0.3 is 0 Å². The van der Waals surface area contributed by atoms with Gasteiger partial charge in [-0.05, 0) is 203 Å².